The fraction of sp³-hybridized carbons (Fsp3) is 1.00. The number of rotatable bonds is 7. The van der Waals surface area contributed by atoms with Crippen molar-refractivity contribution in [2.45, 2.75) is 26.3 Å². The van der Waals surface area contributed by atoms with E-state index in [0.717, 1.165) is 32.2 Å². The molecule has 0 heterocycles. The summed E-state index contributed by atoms with van der Waals surface area (Å²) in [5, 5.41) is 0. The summed E-state index contributed by atoms with van der Waals surface area (Å²) in [5.74, 6) is 0. The van der Waals surface area contributed by atoms with Crippen LogP contribution in [0.15, 0.2) is 0 Å². The Kier molecular flexibility index (Phi) is 8.27. The highest BCUT2D eigenvalue weighted by Gasteiger charge is 2.30. The molecule has 0 saturated carbocycles. The predicted octanol–water partition coefficient (Wildman–Crippen LogP) is 0.896. The Hall–Kier alpha value is 0.0969. The number of hydrogen-bond donors (Lipinski definition) is 1. The van der Waals surface area contributed by atoms with Gasteiger partial charge in [0.05, 0.1) is 13.2 Å². The molecular weight excluding hydrogens is 158 g/mol. The standard InChI is InChI=1S/C7H18NO2Si/c1-3-9-11(10-4-2)7-5-6-8/h3-8H2,1-2H3/q+1. The van der Waals surface area contributed by atoms with E-state index in [9.17, 15) is 0 Å². The Balaban J connectivity index is 3.34. The van der Waals surface area contributed by atoms with E-state index in [2.05, 4.69) is 0 Å². The second-order valence-corrected chi connectivity index (χ2v) is 3.95. The number of nitrogens with two attached hydrogens (primary N) is 1. The molecule has 0 fully saturated rings. The zero-order valence-corrected chi connectivity index (χ0v) is 8.43. The topological polar surface area (TPSA) is 44.5 Å². The van der Waals surface area contributed by atoms with Crippen molar-refractivity contribution in [2.75, 3.05) is 19.8 Å². The fourth-order valence-electron chi connectivity index (χ4n) is 0.754. The smallest absolute Gasteiger partial charge is 0.330 e. The summed E-state index contributed by atoms with van der Waals surface area (Å²) >= 11 is 0. The van der Waals surface area contributed by atoms with Gasteiger partial charge in [0.1, 0.15) is 6.04 Å². The van der Waals surface area contributed by atoms with E-state index in [4.69, 9.17) is 14.6 Å². The molecule has 0 atom stereocenters. The zero-order valence-electron chi connectivity index (χ0n) is 7.43. The van der Waals surface area contributed by atoms with Crippen molar-refractivity contribution in [1.29, 1.82) is 0 Å². The van der Waals surface area contributed by atoms with Gasteiger partial charge in [-0.1, -0.05) is 0 Å². The van der Waals surface area contributed by atoms with E-state index in [1.165, 1.54) is 0 Å². The minimum absolute atomic E-state index is 0.730. The fourth-order valence-corrected chi connectivity index (χ4v) is 2.26. The van der Waals surface area contributed by atoms with E-state index in [0.29, 0.717) is 0 Å². The van der Waals surface area contributed by atoms with Gasteiger partial charge in [0.2, 0.25) is 0 Å². The van der Waals surface area contributed by atoms with Crippen LogP contribution in [0, 0.1) is 0 Å². The lowest BCUT2D eigenvalue weighted by Gasteiger charge is -1.96. The third kappa shape index (κ3) is 6.49. The maximum Gasteiger partial charge on any atom is 0.643 e. The van der Waals surface area contributed by atoms with Crippen LogP contribution >= 0.6 is 0 Å². The molecule has 0 aliphatic rings. The molecule has 0 aromatic carbocycles. The van der Waals surface area contributed by atoms with Gasteiger partial charge >= 0.3 is 9.28 Å². The molecule has 0 spiro atoms. The van der Waals surface area contributed by atoms with Gasteiger partial charge in [0.25, 0.3) is 0 Å². The van der Waals surface area contributed by atoms with Crippen LogP contribution in [0.5, 0.6) is 0 Å². The van der Waals surface area contributed by atoms with Gasteiger partial charge in [0.15, 0.2) is 0 Å². The lowest BCUT2D eigenvalue weighted by molar-refractivity contribution is 0.213. The first-order valence-corrected chi connectivity index (χ1v) is 5.69. The molecule has 2 N–H and O–H groups in total. The molecule has 11 heavy (non-hydrogen) atoms. The van der Waals surface area contributed by atoms with Crippen molar-refractivity contribution in [3.05, 3.63) is 0 Å². The van der Waals surface area contributed by atoms with Crippen molar-refractivity contribution < 1.29 is 8.85 Å². The van der Waals surface area contributed by atoms with Crippen molar-refractivity contribution in [1.82, 2.24) is 0 Å². The minimum atomic E-state index is -0.989. The van der Waals surface area contributed by atoms with Crippen molar-refractivity contribution in [3.8, 4) is 0 Å². The Morgan fingerprint density at radius 3 is 2.09 bits per heavy atom. The average molecular weight is 176 g/mol. The lowest BCUT2D eigenvalue weighted by Crippen LogP contribution is -2.23. The monoisotopic (exact) mass is 176 g/mol. The Morgan fingerprint density at radius 1 is 1.18 bits per heavy atom. The first kappa shape index (κ1) is 11.1. The first-order valence-electron chi connectivity index (χ1n) is 4.16. The normalized spacial score (nSPS) is 10.1. The summed E-state index contributed by atoms with van der Waals surface area (Å²) in [6.45, 7) is 6.21. The van der Waals surface area contributed by atoms with E-state index < -0.39 is 9.28 Å². The van der Waals surface area contributed by atoms with Crippen LogP contribution in [0.25, 0.3) is 0 Å². The van der Waals surface area contributed by atoms with Gasteiger partial charge in [-0.2, -0.15) is 0 Å². The third-order valence-electron chi connectivity index (χ3n) is 1.20. The van der Waals surface area contributed by atoms with Crippen LogP contribution in [0.3, 0.4) is 0 Å². The summed E-state index contributed by atoms with van der Waals surface area (Å²) in [7, 11) is -0.989. The molecular formula is C7H18NO2Si+. The van der Waals surface area contributed by atoms with Gasteiger partial charge in [-0.05, 0) is 26.8 Å². The SMILES string of the molecule is CCO[Si+](CCCN)OCC. The van der Waals surface area contributed by atoms with E-state index in [1.54, 1.807) is 0 Å². The van der Waals surface area contributed by atoms with Crippen molar-refractivity contribution >= 4 is 9.28 Å². The zero-order chi connectivity index (χ0) is 8.53. The van der Waals surface area contributed by atoms with E-state index >= 15 is 0 Å². The third-order valence-corrected chi connectivity index (χ3v) is 3.18. The largest absolute Gasteiger partial charge is 0.643 e. The minimum Gasteiger partial charge on any atom is -0.330 e. The molecule has 0 aromatic rings. The molecule has 0 saturated heterocycles. The molecule has 4 heteroatoms. The average Bonchev–Trinajstić information content (AvgIpc) is 2.01. The first-order chi connectivity index (χ1) is 5.35. The van der Waals surface area contributed by atoms with Crippen LogP contribution in [-0.4, -0.2) is 29.0 Å². The molecule has 3 nitrogen and oxygen atoms in total. The Labute approximate surface area is 70.7 Å². The summed E-state index contributed by atoms with van der Waals surface area (Å²) in [6, 6.07) is 1.00. The van der Waals surface area contributed by atoms with Crippen LogP contribution in [0.1, 0.15) is 20.3 Å². The highest BCUT2D eigenvalue weighted by atomic mass is 28.3. The molecule has 0 amide bonds. The Bertz CT molecular complexity index is 76.8. The van der Waals surface area contributed by atoms with Crippen LogP contribution in [0.2, 0.25) is 6.04 Å². The molecule has 0 aromatic heterocycles. The maximum absolute atomic E-state index is 5.41. The summed E-state index contributed by atoms with van der Waals surface area (Å²) in [6.07, 6.45) is 1.01. The molecule has 0 bridgehead atoms. The van der Waals surface area contributed by atoms with Gasteiger partial charge in [-0.15, -0.1) is 0 Å². The van der Waals surface area contributed by atoms with Crippen LogP contribution in [0.4, 0.5) is 0 Å². The summed E-state index contributed by atoms with van der Waals surface area (Å²) in [5.41, 5.74) is 5.37. The van der Waals surface area contributed by atoms with Crippen molar-refractivity contribution in [3.63, 3.8) is 0 Å². The summed E-state index contributed by atoms with van der Waals surface area (Å²) < 4.78 is 10.8. The van der Waals surface area contributed by atoms with Gasteiger partial charge in [0, 0.05) is 0 Å². The molecule has 0 unspecified atom stereocenters. The quantitative estimate of drug-likeness (QED) is 0.586. The molecule has 0 radical (unpaired) electrons. The van der Waals surface area contributed by atoms with Crippen molar-refractivity contribution in [2.24, 2.45) is 5.73 Å². The molecule has 66 valence electrons. The molecule has 0 rings (SSSR count). The maximum atomic E-state index is 5.41. The Morgan fingerprint density at radius 2 is 1.73 bits per heavy atom. The second kappa shape index (κ2) is 8.20. The van der Waals surface area contributed by atoms with Gasteiger partial charge in [-0.3, -0.25) is 0 Å². The van der Waals surface area contributed by atoms with Gasteiger partial charge in [-0.25, -0.2) is 8.85 Å². The van der Waals surface area contributed by atoms with E-state index in [1.807, 2.05) is 13.8 Å². The second-order valence-electron chi connectivity index (χ2n) is 2.13. The number of hydrogen-bond acceptors (Lipinski definition) is 3. The highest BCUT2D eigenvalue weighted by Crippen LogP contribution is 1.99. The summed E-state index contributed by atoms with van der Waals surface area (Å²) in [4.78, 5) is 0. The lowest BCUT2D eigenvalue weighted by atomic mass is 10.5. The van der Waals surface area contributed by atoms with Crippen LogP contribution < -0.4 is 5.73 Å². The molecule has 0 aliphatic carbocycles. The molecule has 0 aliphatic heterocycles. The van der Waals surface area contributed by atoms with E-state index in [-0.39, 0.29) is 0 Å². The van der Waals surface area contributed by atoms with Crippen LogP contribution in [-0.2, 0) is 8.85 Å². The predicted molar refractivity (Wildman–Crippen MR) is 47.5 cm³/mol. The highest BCUT2D eigenvalue weighted by molar-refractivity contribution is 6.44. The van der Waals surface area contributed by atoms with Gasteiger partial charge < -0.3 is 5.73 Å².